The van der Waals surface area contributed by atoms with Crippen molar-refractivity contribution in [2.24, 2.45) is 0 Å². The predicted molar refractivity (Wildman–Crippen MR) is 77.6 cm³/mol. The lowest BCUT2D eigenvalue weighted by Gasteiger charge is -2.17. The maximum atomic E-state index is 11.1. The van der Waals surface area contributed by atoms with Crippen molar-refractivity contribution in [3.8, 4) is 11.5 Å². The molecule has 0 aliphatic carbocycles. The van der Waals surface area contributed by atoms with Crippen LogP contribution in [0.4, 0.5) is 0 Å². The number of carboxylic acids is 1. The third kappa shape index (κ3) is 4.74. The van der Waals surface area contributed by atoms with Crippen molar-refractivity contribution in [3.63, 3.8) is 0 Å². The Morgan fingerprint density at radius 2 is 2.10 bits per heavy atom. The van der Waals surface area contributed by atoms with Crippen LogP contribution in [0.1, 0.15) is 25.8 Å². The Morgan fingerprint density at radius 3 is 2.65 bits per heavy atom. The Hall–Kier alpha value is -1.75. The maximum Gasteiger partial charge on any atom is 0.324 e. The van der Waals surface area contributed by atoms with Gasteiger partial charge in [-0.3, -0.25) is 4.79 Å². The lowest BCUT2D eigenvalue weighted by atomic mass is 10.1. The number of hydrogen-bond donors (Lipinski definition) is 2. The number of ether oxygens (including phenoxy) is 2. The van der Waals surface area contributed by atoms with E-state index >= 15 is 0 Å². The fourth-order valence-electron chi connectivity index (χ4n) is 1.76. The third-order valence-corrected chi connectivity index (χ3v) is 2.98. The van der Waals surface area contributed by atoms with Crippen LogP contribution in [0.3, 0.4) is 0 Å². The van der Waals surface area contributed by atoms with Crippen molar-refractivity contribution in [2.45, 2.75) is 32.7 Å². The Balaban J connectivity index is 2.69. The molecular formula is C15H23NO4. The summed E-state index contributed by atoms with van der Waals surface area (Å²) in [6.07, 6.45) is 1.78. The van der Waals surface area contributed by atoms with Crippen LogP contribution in [0.15, 0.2) is 18.2 Å². The number of carbonyl (C=O) groups is 1. The molecule has 0 heterocycles. The summed E-state index contributed by atoms with van der Waals surface area (Å²) in [6, 6.07) is 4.96. The molecule has 0 saturated heterocycles. The molecule has 0 amide bonds. The molecule has 1 aromatic carbocycles. The molecule has 20 heavy (non-hydrogen) atoms. The number of nitrogens with one attached hydrogen (secondary N) is 1. The van der Waals surface area contributed by atoms with Gasteiger partial charge in [-0.25, -0.2) is 0 Å². The summed E-state index contributed by atoms with van der Waals surface area (Å²) in [7, 11) is 1.58. The van der Waals surface area contributed by atoms with E-state index in [1.54, 1.807) is 7.11 Å². The van der Waals surface area contributed by atoms with Gasteiger partial charge in [-0.1, -0.05) is 19.9 Å². The zero-order chi connectivity index (χ0) is 15.0. The van der Waals surface area contributed by atoms with Crippen molar-refractivity contribution in [1.82, 2.24) is 5.32 Å². The highest BCUT2D eigenvalue weighted by Gasteiger charge is 2.18. The van der Waals surface area contributed by atoms with Gasteiger partial charge in [-0.2, -0.15) is 0 Å². The first-order valence-electron chi connectivity index (χ1n) is 6.88. The van der Waals surface area contributed by atoms with E-state index in [2.05, 4.69) is 12.2 Å². The molecule has 5 heteroatoms. The zero-order valence-electron chi connectivity index (χ0n) is 12.3. The quantitative estimate of drug-likeness (QED) is 0.725. The fourth-order valence-corrected chi connectivity index (χ4v) is 1.76. The van der Waals surface area contributed by atoms with Crippen molar-refractivity contribution in [3.05, 3.63) is 23.8 Å². The molecule has 0 bridgehead atoms. The molecule has 1 aromatic rings. The van der Waals surface area contributed by atoms with Crippen LogP contribution in [0.2, 0.25) is 0 Å². The SMILES string of the molecule is CCCNC(COc1ccc(CC)cc1OC)C(=O)O. The first kappa shape index (κ1) is 16.3. The lowest BCUT2D eigenvalue weighted by molar-refractivity contribution is -0.140. The first-order valence-corrected chi connectivity index (χ1v) is 6.88. The molecule has 112 valence electrons. The van der Waals surface area contributed by atoms with Gasteiger partial charge in [0.15, 0.2) is 11.5 Å². The summed E-state index contributed by atoms with van der Waals surface area (Å²) in [5.74, 6) is 0.279. The van der Waals surface area contributed by atoms with E-state index in [1.807, 2.05) is 25.1 Å². The van der Waals surface area contributed by atoms with Gasteiger partial charge in [0.05, 0.1) is 7.11 Å². The van der Waals surface area contributed by atoms with Gasteiger partial charge in [-0.15, -0.1) is 0 Å². The number of carboxylic acid groups (broad SMARTS) is 1. The number of rotatable bonds is 9. The molecular weight excluding hydrogens is 258 g/mol. The molecule has 0 aliphatic rings. The van der Waals surface area contributed by atoms with Crippen LogP contribution in [-0.2, 0) is 11.2 Å². The minimum Gasteiger partial charge on any atom is -0.493 e. The van der Waals surface area contributed by atoms with E-state index in [0.29, 0.717) is 18.0 Å². The molecule has 0 aromatic heterocycles. The van der Waals surface area contributed by atoms with Gasteiger partial charge in [0.25, 0.3) is 0 Å². The number of hydrogen-bond acceptors (Lipinski definition) is 4. The van der Waals surface area contributed by atoms with Crippen LogP contribution < -0.4 is 14.8 Å². The maximum absolute atomic E-state index is 11.1. The Labute approximate surface area is 119 Å². The Morgan fingerprint density at radius 1 is 1.35 bits per heavy atom. The summed E-state index contributed by atoms with van der Waals surface area (Å²) in [4.78, 5) is 11.1. The lowest BCUT2D eigenvalue weighted by Crippen LogP contribution is -2.41. The Bertz CT molecular complexity index is 434. The molecule has 0 saturated carbocycles. The molecule has 0 aliphatic heterocycles. The highest BCUT2D eigenvalue weighted by Crippen LogP contribution is 2.28. The number of aryl methyl sites for hydroxylation is 1. The average Bonchev–Trinajstić information content (AvgIpc) is 2.46. The second-order valence-corrected chi connectivity index (χ2v) is 4.49. The second kappa shape index (κ2) is 8.43. The smallest absolute Gasteiger partial charge is 0.324 e. The van der Waals surface area contributed by atoms with Gasteiger partial charge in [0.2, 0.25) is 0 Å². The van der Waals surface area contributed by atoms with Crippen molar-refractivity contribution < 1.29 is 19.4 Å². The normalized spacial score (nSPS) is 11.9. The van der Waals surface area contributed by atoms with Crippen LogP contribution >= 0.6 is 0 Å². The summed E-state index contributed by atoms with van der Waals surface area (Å²) in [5.41, 5.74) is 1.15. The van der Waals surface area contributed by atoms with Gasteiger partial charge in [0.1, 0.15) is 12.6 Å². The van der Waals surface area contributed by atoms with E-state index in [9.17, 15) is 4.79 Å². The first-order chi connectivity index (χ1) is 9.62. The van der Waals surface area contributed by atoms with Crippen LogP contribution in [0, 0.1) is 0 Å². The van der Waals surface area contributed by atoms with E-state index in [1.165, 1.54) is 0 Å². The van der Waals surface area contributed by atoms with Crippen molar-refractivity contribution in [2.75, 3.05) is 20.3 Å². The predicted octanol–water partition coefficient (Wildman–Crippen LogP) is 2.09. The largest absolute Gasteiger partial charge is 0.493 e. The van der Waals surface area contributed by atoms with Gasteiger partial charge >= 0.3 is 5.97 Å². The molecule has 5 nitrogen and oxygen atoms in total. The molecule has 1 atom stereocenters. The molecule has 0 spiro atoms. The third-order valence-electron chi connectivity index (χ3n) is 2.98. The monoisotopic (exact) mass is 281 g/mol. The average molecular weight is 281 g/mol. The van der Waals surface area contributed by atoms with E-state index in [4.69, 9.17) is 14.6 Å². The Kier molecular flexibility index (Phi) is 6.87. The molecule has 2 N–H and O–H groups in total. The number of benzene rings is 1. The highest BCUT2D eigenvalue weighted by molar-refractivity contribution is 5.73. The molecule has 0 radical (unpaired) electrons. The molecule has 1 rings (SSSR count). The zero-order valence-corrected chi connectivity index (χ0v) is 12.3. The van der Waals surface area contributed by atoms with Gasteiger partial charge < -0.3 is 19.9 Å². The highest BCUT2D eigenvalue weighted by atomic mass is 16.5. The fraction of sp³-hybridized carbons (Fsp3) is 0.533. The summed E-state index contributed by atoms with van der Waals surface area (Å²) >= 11 is 0. The van der Waals surface area contributed by atoms with Crippen LogP contribution in [0.25, 0.3) is 0 Å². The van der Waals surface area contributed by atoms with Crippen LogP contribution in [-0.4, -0.2) is 37.4 Å². The molecule has 0 fully saturated rings. The summed E-state index contributed by atoms with van der Waals surface area (Å²) in [5, 5.41) is 12.0. The van der Waals surface area contributed by atoms with Crippen molar-refractivity contribution >= 4 is 5.97 Å². The minimum absolute atomic E-state index is 0.0666. The molecule has 1 unspecified atom stereocenters. The van der Waals surface area contributed by atoms with Crippen molar-refractivity contribution in [1.29, 1.82) is 0 Å². The topological polar surface area (TPSA) is 67.8 Å². The standard InChI is InChI=1S/C15H23NO4/c1-4-8-16-12(15(17)18)10-20-13-7-6-11(5-2)9-14(13)19-3/h6-7,9,12,16H,4-5,8,10H2,1-3H3,(H,17,18). The van der Waals surface area contributed by atoms with Crippen LogP contribution in [0.5, 0.6) is 11.5 Å². The second-order valence-electron chi connectivity index (χ2n) is 4.49. The minimum atomic E-state index is -0.914. The van der Waals surface area contributed by atoms with E-state index in [-0.39, 0.29) is 6.61 Å². The van der Waals surface area contributed by atoms with E-state index in [0.717, 1.165) is 18.4 Å². The summed E-state index contributed by atoms with van der Waals surface area (Å²) < 4.78 is 10.8. The van der Waals surface area contributed by atoms with Gasteiger partial charge in [-0.05, 0) is 37.1 Å². The number of methoxy groups -OCH3 is 1. The van der Waals surface area contributed by atoms with Gasteiger partial charge in [0, 0.05) is 0 Å². The summed E-state index contributed by atoms with van der Waals surface area (Å²) in [6.45, 7) is 4.76. The number of aliphatic carboxylic acids is 1. The van der Waals surface area contributed by atoms with E-state index < -0.39 is 12.0 Å².